The summed E-state index contributed by atoms with van der Waals surface area (Å²) in [4.78, 5) is 37.2. The summed E-state index contributed by atoms with van der Waals surface area (Å²) in [6, 6.07) is 19.5. The number of hydrogen-bond donors (Lipinski definition) is 1. The number of pyridine rings is 1. The molecule has 0 aliphatic heterocycles. The Hall–Kier alpha value is -4.26. The zero-order valence-electron chi connectivity index (χ0n) is 16.5. The molecule has 5 rings (SSSR count). The van der Waals surface area contributed by atoms with Gasteiger partial charge in [0.15, 0.2) is 17.7 Å². The molecule has 0 unspecified atom stereocenters. The highest BCUT2D eigenvalue weighted by Gasteiger charge is 2.20. The van der Waals surface area contributed by atoms with Crippen LogP contribution < -0.4 is 5.56 Å². The number of aromatic nitrogens is 3. The van der Waals surface area contributed by atoms with E-state index in [4.69, 9.17) is 9.15 Å². The lowest BCUT2D eigenvalue weighted by molar-refractivity contribution is 0.0322. The molecule has 152 valence electrons. The normalized spacial score (nSPS) is 12.2. The van der Waals surface area contributed by atoms with Crippen LogP contribution >= 0.6 is 0 Å². The maximum absolute atomic E-state index is 13.1. The zero-order valence-corrected chi connectivity index (χ0v) is 16.5. The molecule has 3 aromatic heterocycles. The third-order valence-electron chi connectivity index (χ3n) is 5.01. The first-order valence-electron chi connectivity index (χ1n) is 9.74. The summed E-state index contributed by atoms with van der Waals surface area (Å²) >= 11 is 0. The van der Waals surface area contributed by atoms with Gasteiger partial charge < -0.3 is 14.1 Å². The molecular weight excluding hydrogens is 394 g/mol. The molecular formula is C24H17N3O4. The van der Waals surface area contributed by atoms with E-state index in [1.54, 1.807) is 55.7 Å². The predicted molar refractivity (Wildman–Crippen MR) is 116 cm³/mol. The Labute approximate surface area is 176 Å². The van der Waals surface area contributed by atoms with Crippen molar-refractivity contribution in [1.29, 1.82) is 0 Å². The van der Waals surface area contributed by atoms with Crippen LogP contribution in [0, 0.1) is 0 Å². The minimum atomic E-state index is -0.760. The molecule has 1 N–H and O–H groups in total. The van der Waals surface area contributed by atoms with Gasteiger partial charge >= 0.3 is 5.97 Å². The molecule has 7 nitrogen and oxygen atoms in total. The molecule has 0 saturated heterocycles. The van der Waals surface area contributed by atoms with Gasteiger partial charge in [-0.15, -0.1) is 0 Å². The topological polar surface area (TPSA) is 98.1 Å². The predicted octanol–water partition coefficient (Wildman–Crippen LogP) is 4.65. The number of ether oxygens (including phenoxy) is 1. The van der Waals surface area contributed by atoms with Gasteiger partial charge in [0.05, 0.1) is 28.2 Å². The van der Waals surface area contributed by atoms with Crippen molar-refractivity contribution in [2.45, 2.75) is 13.0 Å². The summed E-state index contributed by atoms with van der Waals surface area (Å²) in [5.41, 5.74) is 1.79. The molecule has 0 spiro atoms. The van der Waals surface area contributed by atoms with E-state index in [9.17, 15) is 9.59 Å². The van der Waals surface area contributed by atoms with Crippen molar-refractivity contribution in [3.8, 4) is 11.5 Å². The van der Waals surface area contributed by atoms with Crippen LogP contribution in [-0.4, -0.2) is 20.9 Å². The van der Waals surface area contributed by atoms with Crippen molar-refractivity contribution in [2.75, 3.05) is 0 Å². The number of nitrogens with zero attached hydrogens (tertiary/aromatic N) is 2. The standard InChI is InChI=1S/C24H17N3O4/c1-14(22-26-19-10-5-3-8-16(19)23(28)27-22)31-24(29)17-13-20(21-11-6-12-30-21)25-18-9-4-2-7-15(17)18/h2-14H,1H3,(H,26,27,28)/t14-/m0/s1. The molecule has 2 aromatic carbocycles. The maximum atomic E-state index is 13.1. The van der Waals surface area contributed by atoms with E-state index in [1.165, 1.54) is 0 Å². The highest BCUT2D eigenvalue weighted by Crippen LogP contribution is 2.27. The Kier molecular flexibility index (Phi) is 4.55. The van der Waals surface area contributed by atoms with Crippen molar-refractivity contribution >= 4 is 27.8 Å². The van der Waals surface area contributed by atoms with Gasteiger partial charge in [0.1, 0.15) is 5.69 Å². The molecule has 31 heavy (non-hydrogen) atoms. The molecule has 0 radical (unpaired) electrons. The number of esters is 1. The summed E-state index contributed by atoms with van der Waals surface area (Å²) < 4.78 is 11.1. The number of carbonyl (C=O) groups excluding carboxylic acids is 1. The Morgan fingerprint density at radius 1 is 0.968 bits per heavy atom. The van der Waals surface area contributed by atoms with Crippen molar-refractivity contribution in [3.05, 3.63) is 94.7 Å². The summed E-state index contributed by atoms with van der Waals surface area (Å²) in [7, 11) is 0. The Morgan fingerprint density at radius 2 is 1.68 bits per heavy atom. The van der Waals surface area contributed by atoms with Crippen LogP contribution in [0.5, 0.6) is 0 Å². The van der Waals surface area contributed by atoms with Crippen molar-refractivity contribution < 1.29 is 13.9 Å². The number of rotatable bonds is 4. The number of fused-ring (bicyclic) bond motifs is 2. The SMILES string of the molecule is C[C@H](OC(=O)c1cc(-c2ccco2)nc2ccccc12)c1nc2ccccc2c(=O)[nH]1. The summed E-state index contributed by atoms with van der Waals surface area (Å²) in [5.74, 6) is 0.282. The van der Waals surface area contributed by atoms with E-state index < -0.39 is 12.1 Å². The van der Waals surface area contributed by atoms with Crippen molar-refractivity contribution in [3.63, 3.8) is 0 Å². The van der Waals surface area contributed by atoms with E-state index in [2.05, 4.69) is 15.0 Å². The maximum Gasteiger partial charge on any atom is 0.339 e. The zero-order chi connectivity index (χ0) is 21.4. The second-order valence-electron chi connectivity index (χ2n) is 7.07. The molecule has 0 fully saturated rings. The van der Waals surface area contributed by atoms with Crippen LogP contribution in [0.3, 0.4) is 0 Å². The fraction of sp³-hybridized carbons (Fsp3) is 0.0833. The number of hydrogen-bond acceptors (Lipinski definition) is 6. The van der Waals surface area contributed by atoms with Crippen LogP contribution in [0.2, 0.25) is 0 Å². The highest BCUT2D eigenvalue weighted by atomic mass is 16.5. The second-order valence-corrected chi connectivity index (χ2v) is 7.07. The van der Waals surface area contributed by atoms with Gasteiger partial charge in [-0.1, -0.05) is 30.3 Å². The average Bonchev–Trinajstić information content (AvgIpc) is 3.33. The highest BCUT2D eigenvalue weighted by molar-refractivity contribution is 6.04. The van der Waals surface area contributed by atoms with E-state index in [0.717, 1.165) is 0 Å². The lowest BCUT2D eigenvalue weighted by Crippen LogP contribution is -2.17. The van der Waals surface area contributed by atoms with Gasteiger partial charge in [-0.3, -0.25) is 4.79 Å². The van der Waals surface area contributed by atoms with Crippen LogP contribution in [0.15, 0.2) is 82.2 Å². The number of H-pyrrole nitrogens is 1. The lowest BCUT2D eigenvalue weighted by Gasteiger charge is -2.14. The van der Waals surface area contributed by atoms with Gasteiger partial charge in [-0.05, 0) is 43.3 Å². The minimum Gasteiger partial charge on any atom is -0.463 e. The van der Waals surface area contributed by atoms with Crippen LogP contribution in [-0.2, 0) is 4.74 Å². The van der Waals surface area contributed by atoms with E-state index in [0.29, 0.717) is 38.8 Å². The van der Waals surface area contributed by atoms with Gasteiger partial charge in [-0.2, -0.15) is 0 Å². The summed E-state index contributed by atoms with van der Waals surface area (Å²) in [6.45, 7) is 1.67. The van der Waals surface area contributed by atoms with E-state index >= 15 is 0 Å². The summed E-state index contributed by atoms with van der Waals surface area (Å²) in [6.07, 6.45) is 0.789. The van der Waals surface area contributed by atoms with Crippen LogP contribution in [0.1, 0.15) is 29.2 Å². The van der Waals surface area contributed by atoms with Crippen LogP contribution in [0.4, 0.5) is 0 Å². The number of carbonyl (C=O) groups is 1. The van der Waals surface area contributed by atoms with Gasteiger partial charge in [-0.25, -0.2) is 14.8 Å². The Balaban J connectivity index is 1.52. The molecule has 1 atom stereocenters. The number of nitrogens with one attached hydrogen (secondary N) is 1. The van der Waals surface area contributed by atoms with E-state index in [1.807, 2.05) is 24.3 Å². The largest absolute Gasteiger partial charge is 0.463 e. The first-order valence-corrected chi connectivity index (χ1v) is 9.74. The molecule has 3 heterocycles. The second kappa shape index (κ2) is 7.53. The smallest absolute Gasteiger partial charge is 0.339 e. The van der Waals surface area contributed by atoms with Crippen molar-refractivity contribution in [2.24, 2.45) is 0 Å². The number of furan rings is 1. The Morgan fingerprint density at radius 3 is 2.42 bits per heavy atom. The van der Waals surface area contributed by atoms with Crippen molar-refractivity contribution in [1.82, 2.24) is 15.0 Å². The number of aromatic amines is 1. The van der Waals surface area contributed by atoms with Gasteiger partial charge in [0.25, 0.3) is 5.56 Å². The minimum absolute atomic E-state index is 0.279. The fourth-order valence-electron chi connectivity index (χ4n) is 3.47. The van der Waals surface area contributed by atoms with Gasteiger partial charge in [0.2, 0.25) is 0 Å². The average molecular weight is 411 g/mol. The lowest BCUT2D eigenvalue weighted by atomic mass is 10.1. The third kappa shape index (κ3) is 3.46. The van der Waals surface area contributed by atoms with Crippen LogP contribution in [0.25, 0.3) is 33.3 Å². The summed E-state index contributed by atoms with van der Waals surface area (Å²) in [5, 5.41) is 1.14. The van der Waals surface area contributed by atoms with Gasteiger partial charge in [0, 0.05) is 5.39 Å². The third-order valence-corrected chi connectivity index (χ3v) is 5.01. The fourth-order valence-corrected chi connectivity index (χ4v) is 3.47. The molecule has 0 amide bonds. The molecule has 0 aliphatic rings. The first kappa shape index (κ1) is 18.7. The molecule has 0 aliphatic carbocycles. The molecule has 0 saturated carbocycles. The number of benzene rings is 2. The molecule has 7 heteroatoms. The Bertz CT molecular complexity index is 1470. The first-order chi connectivity index (χ1) is 15.1. The monoisotopic (exact) mass is 411 g/mol. The molecule has 5 aromatic rings. The molecule has 0 bridgehead atoms. The quantitative estimate of drug-likeness (QED) is 0.432. The van der Waals surface area contributed by atoms with E-state index in [-0.39, 0.29) is 11.4 Å². The number of para-hydroxylation sites is 2.